The van der Waals surface area contributed by atoms with Gasteiger partial charge in [0.15, 0.2) is 5.58 Å². The van der Waals surface area contributed by atoms with Crippen LogP contribution in [0, 0.1) is 6.92 Å². The van der Waals surface area contributed by atoms with E-state index >= 15 is 0 Å². The third-order valence-electron chi connectivity index (χ3n) is 5.07. The molecule has 3 aromatic heterocycles. The van der Waals surface area contributed by atoms with Gasteiger partial charge in [-0.05, 0) is 67.1 Å². The number of amides is 1. The van der Waals surface area contributed by atoms with Crippen molar-refractivity contribution in [2.45, 2.75) is 6.92 Å². The van der Waals surface area contributed by atoms with Crippen molar-refractivity contribution in [2.75, 3.05) is 5.32 Å². The highest BCUT2D eigenvalue weighted by Crippen LogP contribution is 2.28. The molecule has 0 bridgehead atoms. The number of anilines is 1. The minimum Gasteiger partial charge on any atom is -0.506 e. The van der Waals surface area contributed by atoms with Crippen LogP contribution < -0.4 is 5.32 Å². The summed E-state index contributed by atoms with van der Waals surface area (Å²) in [6.07, 6.45) is 0. The highest BCUT2D eigenvalue weighted by atomic mass is 35.5. The average molecular weight is 652 g/mol. The maximum Gasteiger partial charge on any atom is 0.335 e. The molecule has 0 aliphatic heterocycles. The fraction of sp³-hybridized carbons (Fsp3) is 0.0370. The molecule has 5 aromatic rings. The van der Waals surface area contributed by atoms with E-state index in [1.807, 2.05) is 25.1 Å². The first-order chi connectivity index (χ1) is 19.9. The van der Waals surface area contributed by atoms with Crippen LogP contribution in [0.2, 0.25) is 20.6 Å². The summed E-state index contributed by atoms with van der Waals surface area (Å²) in [5.41, 5.74) is 3.51. The molecule has 0 saturated heterocycles. The summed E-state index contributed by atoms with van der Waals surface area (Å²) in [4.78, 5) is 43.1. The zero-order chi connectivity index (χ0) is 31.0. The molecule has 0 aliphatic rings. The summed E-state index contributed by atoms with van der Waals surface area (Å²) in [5.74, 6) is -1.63. The number of fused-ring (bicyclic) bond motifs is 1. The van der Waals surface area contributed by atoms with Crippen molar-refractivity contribution in [2.24, 2.45) is 0 Å². The molecule has 5 rings (SSSR count). The van der Waals surface area contributed by atoms with Gasteiger partial charge in [-0.25, -0.2) is 19.7 Å². The summed E-state index contributed by atoms with van der Waals surface area (Å²) >= 11 is 23.1. The van der Waals surface area contributed by atoms with Crippen LogP contribution in [0.1, 0.15) is 26.3 Å². The molecule has 0 radical (unpaired) electrons. The van der Waals surface area contributed by atoms with Gasteiger partial charge >= 0.3 is 5.97 Å². The van der Waals surface area contributed by atoms with Crippen LogP contribution in [-0.2, 0) is 4.79 Å². The minimum atomic E-state index is -1.18. The van der Waals surface area contributed by atoms with Gasteiger partial charge in [0.25, 0.3) is 12.4 Å². The fourth-order valence-corrected chi connectivity index (χ4v) is 4.23. The summed E-state index contributed by atoms with van der Waals surface area (Å²) in [6, 6.07) is 15.4. The molecule has 0 spiro atoms. The molecule has 0 unspecified atom stereocenters. The number of phenols is 1. The number of hydrogen-bond acceptors (Lipinski definition) is 8. The quantitative estimate of drug-likeness (QED) is 0.0879. The number of rotatable bonds is 4. The molecule has 2 aromatic carbocycles. The lowest BCUT2D eigenvalue weighted by Crippen LogP contribution is -2.12. The van der Waals surface area contributed by atoms with Crippen LogP contribution >= 0.6 is 46.4 Å². The third kappa shape index (κ3) is 8.79. The van der Waals surface area contributed by atoms with Crippen LogP contribution in [0.3, 0.4) is 0 Å². The minimum absolute atomic E-state index is 0.0538. The number of carbonyl (C=O) groups is 3. The third-order valence-corrected chi connectivity index (χ3v) is 5.85. The number of aromatic hydroxyl groups is 1. The van der Waals surface area contributed by atoms with E-state index in [2.05, 4.69) is 20.3 Å². The van der Waals surface area contributed by atoms with Crippen molar-refractivity contribution in [3.63, 3.8) is 0 Å². The number of halogens is 4. The smallest absolute Gasteiger partial charge is 0.335 e. The second kappa shape index (κ2) is 14.5. The monoisotopic (exact) mass is 650 g/mol. The largest absolute Gasteiger partial charge is 0.506 e. The van der Waals surface area contributed by atoms with Gasteiger partial charge in [-0.3, -0.25) is 9.59 Å². The number of benzene rings is 2. The summed E-state index contributed by atoms with van der Waals surface area (Å²) in [5, 5.41) is 28.5. The molecule has 4 N–H and O–H groups in total. The van der Waals surface area contributed by atoms with Crippen molar-refractivity contribution in [1.82, 2.24) is 15.0 Å². The Balaban J connectivity index is 0.000000213. The number of nitrogens with one attached hydrogen (secondary N) is 1. The van der Waals surface area contributed by atoms with Crippen molar-refractivity contribution >= 4 is 81.5 Å². The van der Waals surface area contributed by atoms with Gasteiger partial charge in [0.1, 0.15) is 31.9 Å². The number of aryl methyl sites for hydroxylation is 1. The highest BCUT2D eigenvalue weighted by Gasteiger charge is 2.13. The Morgan fingerprint density at radius 2 is 1.40 bits per heavy atom. The molecule has 0 aliphatic carbocycles. The molecule has 0 fully saturated rings. The summed E-state index contributed by atoms with van der Waals surface area (Å²) in [6.45, 7) is 1.75. The molecule has 0 atom stereocenters. The van der Waals surface area contributed by atoms with E-state index in [1.165, 1.54) is 24.3 Å². The predicted molar refractivity (Wildman–Crippen MR) is 158 cm³/mol. The maximum atomic E-state index is 12.0. The standard InChI is InChI=1S/C13H8Cl2N2O4.C13H8Cl2N2O.CH2O2/c14-10-4-7(5-11(15)17-10)12(19)16-8-2-1-6(13(20)21)3-9(8)18;1-7-2-3-9-10(4-7)18-13(16-9)8-5-11(14)17-12(15)6-8;2-1-3/h1-5,18H,(H,16,19)(H,20,21);2-6H,1H3;1H,(H,2,3). The molecule has 216 valence electrons. The first-order valence-electron chi connectivity index (χ1n) is 11.4. The van der Waals surface area contributed by atoms with Gasteiger partial charge in [0.2, 0.25) is 5.89 Å². The molecule has 1 amide bonds. The van der Waals surface area contributed by atoms with Gasteiger partial charge in [-0.1, -0.05) is 52.5 Å². The Morgan fingerprint density at radius 1 is 0.833 bits per heavy atom. The second-order valence-corrected chi connectivity index (χ2v) is 9.64. The number of hydrogen-bond donors (Lipinski definition) is 4. The Labute approximate surface area is 257 Å². The number of phenolic OH excluding ortho intramolecular Hbond substituents is 1. The van der Waals surface area contributed by atoms with Crippen LogP contribution in [0.15, 0.2) is 65.1 Å². The molecular weight excluding hydrogens is 634 g/mol. The van der Waals surface area contributed by atoms with Gasteiger partial charge in [0, 0.05) is 11.1 Å². The average Bonchev–Trinajstić information content (AvgIpc) is 3.33. The Morgan fingerprint density at radius 3 is 1.95 bits per heavy atom. The van der Waals surface area contributed by atoms with E-state index in [1.54, 1.807) is 12.1 Å². The van der Waals surface area contributed by atoms with E-state index in [0.29, 0.717) is 21.8 Å². The zero-order valence-corrected chi connectivity index (χ0v) is 24.2. The Bertz CT molecular complexity index is 1740. The number of carbonyl (C=O) groups excluding carboxylic acids is 1. The molecular formula is C27H18Cl4N4O7. The van der Waals surface area contributed by atoms with Gasteiger partial charge in [-0.15, -0.1) is 0 Å². The highest BCUT2D eigenvalue weighted by molar-refractivity contribution is 6.33. The maximum absolute atomic E-state index is 12.0. The lowest BCUT2D eigenvalue weighted by molar-refractivity contribution is -0.122. The number of aromatic nitrogens is 3. The van der Waals surface area contributed by atoms with E-state index < -0.39 is 11.9 Å². The topological polar surface area (TPSA) is 176 Å². The molecule has 11 nitrogen and oxygen atoms in total. The molecule has 0 saturated carbocycles. The van der Waals surface area contributed by atoms with Crippen LogP contribution in [-0.4, -0.2) is 48.6 Å². The molecule has 3 heterocycles. The van der Waals surface area contributed by atoms with E-state index in [4.69, 9.17) is 65.8 Å². The predicted octanol–water partition coefficient (Wildman–Crippen LogP) is 7.25. The van der Waals surface area contributed by atoms with Gasteiger partial charge in [-0.2, -0.15) is 0 Å². The zero-order valence-electron chi connectivity index (χ0n) is 21.2. The SMILES string of the molecule is Cc1ccc2nc(-c3cc(Cl)nc(Cl)c3)oc2c1.O=C(O)c1ccc(NC(=O)c2cc(Cl)nc(Cl)c2)c(O)c1.O=CO. The lowest BCUT2D eigenvalue weighted by atomic mass is 10.2. The number of carboxylic acid groups (broad SMARTS) is 2. The van der Waals surface area contributed by atoms with Crippen molar-refractivity contribution in [3.8, 4) is 17.2 Å². The van der Waals surface area contributed by atoms with Crippen LogP contribution in [0.25, 0.3) is 22.6 Å². The van der Waals surface area contributed by atoms with Crippen molar-refractivity contribution in [1.29, 1.82) is 0 Å². The van der Waals surface area contributed by atoms with E-state index in [9.17, 15) is 14.7 Å². The van der Waals surface area contributed by atoms with Crippen LogP contribution in [0.5, 0.6) is 5.75 Å². The van der Waals surface area contributed by atoms with Gasteiger partial charge in [0.05, 0.1) is 11.3 Å². The Hall–Kier alpha value is -4.42. The first-order valence-corrected chi connectivity index (χ1v) is 12.9. The number of nitrogens with zero attached hydrogens (tertiary/aromatic N) is 3. The number of oxazole rings is 1. The second-order valence-electron chi connectivity index (χ2n) is 8.09. The lowest BCUT2D eigenvalue weighted by Gasteiger charge is -2.08. The normalized spacial score (nSPS) is 10.1. The van der Waals surface area contributed by atoms with E-state index in [0.717, 1.165) is 22.7 Å². The van der Waals surface area contributed by atoms with Crippen molar-refractivity contribution < 1.29 is 34.1 Å². The van der Waals surface area contributed by atoms with Crippen LogP contribution in [0.4, 0.5) is 5.69 Å². The number of carboxylic acids is 1. The molecule has 42 heavy (non-hydrogen) atoms. The number of aromatic carboxylic acids is 1. The first kappa shape index (κ1) is 32.1. The van der Waals surface area contributed by atoms with Crippen molar-refractivity contribution in [3.05, 3.63) is 98.0 Å². The fourth-order valence-electron chi connectivity index (χ4n) is 3.30. The van der Waals surface area contributed by atoms with E-state index in [-0.39, 0.29) is 39.3 Å². The summed E-state index contributed by atoms with van der Waals surface area (Å²) < 4.78 is 5.69. The summed E-state index contributed by atoms with van der Waals surface area (Å²) in [7, 11) is 0. The Kier molecular flexibility index (Phi) is 11.1. The number of pyridine rings is 2. The van der Waals surface area contributed by atoms with Gasteiger partial charge < -0.3 is 25.1 Å². The molecule has 15 heteroatoms.